The van der Waals surface area contributed by atoms with Crippen molar-refractivity contribution in [3.05, 3.63) is 75.5 Å². The van der Waals surface area contributed by atoms with Crippen LogP contribution in [-0.2, 0) is 6.42 Å². The number of non-ortho nitro benzene ring substituents is 1. The number of pyridine rings is 1. The highest BCUT2D eigenvalue weighted by atomic mass is 16.6. The number of para-hydroxylation sites is 1. The number of fused-ring (bicyclic) bond motifs is 1. The van der Waals surface area contributed by atoms with E-state index in [2.05, 4.69) is 15.6 Å². The van der Waals surface area contributed by atoms with Crippen molar-refractivity contribution >= 4 is 28.2 Å². The second-order valence-corrected chi connectivity index (χ2v) is 6.20. The molecule has 0 fully saturated rings. The van der Waals surface area contributed by atoms with E-state index in [-0.39, 0.29) is 11.6 Å². The molecule has 0 aliphatic rings. The lowest BCUT2D eigenvalue weighted by Gasteiger charge is -2.11. The third-order valence-electron chi connectivity index (χ3n) is 4.29. The van der Waals surface area contributed by atoms with Crippen molar-refractivity contribution in [2.24, 2.45) is 0 Å². The van der Waals surface area contributed by atoms with Crippen molar-refractivity contribution < 1.29 is 9.72 Å². The molecule has 1 heterocycles. The fourth-order valence-corrected chi connectivity index (χ4v) is 3.01. The zero-order chi connectivity index (χ0) is 19.4. The molecule has 1 aromatic heterocycles. The summed E-state index contributed by atoms with van der Waals surface area (Å²) in [4.78, 5) is 26.9. The van der Waals surface area contributed by atoms with Gasteiger partial charge in [-0.25, -0.2) is 4.98 Å². The maximum atomic E-state index is 11.7. The molecule has 0 atom stereocenters. The average Bonchev–Trinajstić information content (AvgIpc) is 2.66. The SMILES string of the molecule is CNC(=O)c1cccc(CCNc2cc(C)nc3c([N+](=O)[O-])cccc23)c1. The van der Waals surface area contributed by atoms with Crippen molar-refractivity contribution in [3.63, 3.8) is 0 Å². The number of hydrogen-bond donors (Lipinski definition) is 2. The van der Waals surface area contributed by atoms with E-state index in [4.69, 9.17) is 0 Å². The van der Waals surface area contributed by atoms with Crippen LogP contribution in [0.15, 0.2) is 48.5 Å². The molecule has 0 bridgehead atoms. The molecule has 0 saturated heterocycles. The Bertz CT molecular complexity index is 1020. The summed E-state index contributed by atoms with van der Waals surface area (Å²) in [5, 5.41) is 17.9. The first-order chi connectivity index (χ1) is 13.0. The third kappa shape index (κ3) is 4.03. The van der Waals surface area contributed by atoms with Crippen LogP contribution < -0.4 is 10.6 Å². The maximum absolute atomic E-state index is 11.7. The van der Waals surface area contributed by atoms with Gasteiger partial charge in [0.05, 0.1) is 4.92 Å². The molecule has 2 aromatic carbocycles. The second-order valence-electron chi connectivity index (χ2n) is 6.20. The normalized spacial score (nSPS) is 10.6. The van der Waals surface area contributed by atoms with Gasteiger partial charge < -0.3 is 10.6 Å². The first-order valence-corrected chi connectivity index (χ1v) is 8.59. The van der Waals surface area contributed by atoms with E-state index in [9.17, 15) is 14.9 Å². The molecule has 7 heteroatoms. The number of nitro benzene ring substituents is 1. The van der Waals surface area contributed by atoms with Gasteiger partial charge in [-0.3, -0.25) is 14.9 Å². The number of aryl methyl sites for hydroxylation is 1. The number of nitrogens with one attached hydrogen (secondary N) is 2. The number of nitrogens with zero attached hydrogens (tertiary/aromatic N) is 2. The lowest BCUT2D eigenvalue weighted by Crippen LogP contribution is -2.18. The predicted octanol–water partition coefficient (Wildman–Crippen LogP) is 3.47. The molecular formula is C20H20N4O3. The highest BCUT2D eigenvalue weighted by Crippen LogP contribution is 2.29. The van der Waals surface area contributed by atoms with Gasteiger partial charge in [0.1, 0.15) is 0 Å². The molecule has 0 radical (unpaired) electrons. The van der Waals surface area contributed by atoms with Crippen LogP contribution in [0.1, 0.15) is 21.6 Å². The topological polar surface area (TPSA) is 97.2 Å². The average molecular weight is 364 g/mol. The number of amides is 1. The molecule has 1 amide bonds. The molecule has 0 aliphatic carbocycles. The van der Waals surface area contributed by atoms with Crippen molar-refractivity contribution in [2.75, 3.05) is 18.9 Å². The lowest BCUT2D eigenvalue weighted by atomic mass is 10.1. The largest absolute Gasteiger partial charge is 0.384 e. The van der Waals surface area contributed by atoms with E-state index >= 15 is 0 Å². The molecule has 7 nitrogen and oxygen atoms in total. The monoisotopic (exact) mass is 364 g/mol. The van der Waals surface area contributed by atoms with Crippen LogP contribution in [-0.4, -0.2) is 29.4 Å². The Morgan fingerprint density at radius 1 is 1.19 bits per heavy atom. The first kappa shape index (κ1) is 18.3. The quantitative estimate of drug-likeness (QED) is 0.516. The summed E-state index contributed by atoms with van der Waals surface area (Å²) in [6, 6.07) is 14.3. The fraction of sp³-hybridized carbons (Fsp3) is 0.200. The molecule has 0 aliphatic heterocycles. The van der Waals surface area contributed by atoms with Crippen LogP contribution in [0.25, 0.3) is 10.9 Å². The van der Waals surface area contributed by atoms with Crippen molar-refractivity contribution in [2.45, 2.75) is 13.3 Å². The highest BCUT2D eigenvalue weighted by molar-refractivity contribution is 5.96. The number of nitro groups is 1. The summed E-state index contributed by atoms with van der Waals surface area (Å²) in [5.74, 6) is -0.118. The molecule has 138 valence electrons. The zero-order valence-corrected chi connectivity index (χ0v) is 15.2. The van der Waals surface area contributed by atoms with Crippen LogP contribution in [0.5, 0.6) is 0 Å². The van der Waals surface area contributed by atoms with Crippen LogP contribution >= 0.6 is 0 Å². The van der Waals surface area contributed by atoms with Gasteiger partial charge in [-0.15, -0.1) is 0 Å². The smallest absolute Gasteiger partial charge is 0.295 e. The predicted molar refractivity (Wildman–Crippen MR) is 105 cm³/mol. The number of hydrogen-bond acceptors (Lipinski definition) is 5. The van der Waals surface area contributed by atoms with E-state index in [0.717, 1.165) is 11.3 Å². The molecule has 0 spiro atoms. The molecule has 27 heavy (non-hydrogen) atoms. The van der Waals surface area contributed by atoms with E-state index < -0.39 is 4.92 Å². The Kier molecular flexibility index (Phi) is 5.30. The van der Waals surface area contributed by atoms with E-state index in [1.54, 1.807) is 19.2 Å². The van der Waals surface area contributed by atoms with Gasteiger partial charge in [0.15, 0.2) is 5.52 Å². The van der Waals surface area contributed by atoms with Gasteiger partial charge in [0.25, 0.3) is 11.6 Å². The zero-order valence-electron chi connectivity index (χ0n) is 15.2. The van der Waals surface area contributed by atoms with Crippen LogP contribution in [0.3, 0.4) is 0 Å². The van der Waals surface area contributed by atoms with Gasteiger partial charge in [0.2, 0.25) is 0 Å². The Morgan fingerprint density at radius 2 is 1.96 bits per heavy atom. The minimum Gasteiger partial charge on any atom is -0.384 e. The summed E-state index contributed by atoms with van der Waals surface area (Å²) >= 11 is 0. The number of anilines is 1. The number of rotatable bonds is 6. The fourth-order valence-electron chi connectivity index (χ4n) is 3.01. The molecule has 2 N–H and O–H groups in total. The van der Waals surface area contributed by atoms with Gasteiger partial charge in [-0.2, -0.15) is 0 Å². The van der Waals surface area contributed by atoms with Gasteiger partial charge in [-0.05, 0) is 37.1 Å². The number of aromatic nitrogens is 1. The Hall–Kier alpha value is -3.48. The van der Waals surface area contributed by atoms with Crippen molar-refractivity contribution in [3.8, 4) is 0 Å². The maximum Gasteiger partial charge on any atom is 0.295 e. The second kappa shape index (κ2) is 7.82. The number of benzene rings is 2. The molecule has 3 rings (SSSR count). The van der Waals surface area contributed by atoms with Crippen molar-refractivity contribution in [1.29, 1.82) is 0 Å². The van der Waals surface area contributed by atoms with Gasteiger partial charge >= 0.3 is 0 Å². The molecular weight excluding hydrogens is 344 g/mol. The third-order valence-corrected chi connectivity index (χ3v) is 4.29. The Labute approximate surface area is 156 Å². The van der Waals surface area contributed by atoms with Crippen LogP contribution in [0.2, 0.25) is 0 Å². The van der Waals surface area contributed by atoms with Gasteiger partial charge in [0, 0.05) is 42.0 Å². The summed E-state index contributed by atoms with van der Waals surface area (Å²) in [5.41, 5.74) is 3.55. The summed E-state index contributed by atoms with van der Waals surface area (Å²) in [6.07, 6.45) is 0.711. The summed E-state index contributed by atoms with van der Waals surface area (Å²) in [6.45, 7) is 2.44. The van der Waals surface area contributed by atoms with Crippen LogP contribution in [0.4, 0.5) is 11.4 Å². The van der Waals surface area contributed by atoms with E-state index in [1.807, 2.05) is 37.3 Å². The van der Waals surface area contributed by atoms with Crippen LogP contribution in [0, 0.1) is 17.0 Å². The standard InChI is InChI=1S/C20H20N4O3/c1-13-11-17(16-7-4-8-18(24(26)27)19(16)23-13)22-10-9-14-5-3-6-15(12-14)20(25)21-2/h3-8,11-12H,9-10H2,1-2H3,(H,21,25)(H,22,23). The highest BCUT2D eigenvalue weighted by Gasteiger charge is 2.15. The Balaban J connectivity index is 1.81. The Morgan fingerprint density at radius 3 is 2.70 bits per heavy atom. The van der Waals surface area contributed by atoms with Crippen molar-refractivity contribution in [1.82, 2.24) is 10.3 Å². The van der Waals surface area contributed by atoms with E-state index in [0.29, 0.717) is 35.1 Å². The van der Waals surface area contributed by atoms with Gasteiger partial charge in [-0.1, -0.05) is 24.3 Å². The summed E-state index contributed by atoms with van der Waals surface area (Å²) < 4.78 is 0. The van der Waals surface area contributed by atoms with E-state index in [1.165, 1.54) is 6.07 Å². The minimum atomic E-state index is -0.414. The molecule has 3 aromatic rings. The minimum absolute atomic E-state index is 0.00229. The molecule has 0 unspecified atom stereocenters. The summed E-state index contributed by atoms with van der Waals surface area (Å²) in [7, 11) is 1.60. The number of carbonyl (C=O) groups is 1. The lowest BCUT2D eigenvalue weighted by molar-refractivity contribution is -0.383. The molecule has 0 saturated carbocycles. The number of carbonyl (C=O) groups excluding carboxylic acids is 1. The first-order valence-electron chi connectivity index (χ1n) is 8.59.